The summed E-state index contributed by atoms with van der Waals surface area (Å²) in [7, 11) is 1.91. The maximum Gasteiger partial charge on any atom is 0.326 e. The van der Waals surface area contributed by atoms with Gasteiger partial charge in [-0.05, 0) is 66.0 Å². The minimum absolute atomic E-state index is 0.0559. The van der Waals surface area contributed by atoms with E-state index in [1.54, 1.807) is 0 Å². The molecule has 0 aromatic carbocycles. The first-order chi connectivity index (χ1) is 10.1. The molecule has 0 radical (unpaired) electrons. The first-order valence-corrected chi connectivity index (χ1v) is 8.75. The zero-order valence-corrected chi connectivity index (χ0v) is 14.0. The lowest BCUT2D eigenvalue weighted by molar-refractivity contribution is -0.153. The zero-order valence-electron chi connectivity index (χ0n) is 14.0. The Labute approximate surface area is 129 Å². The Hall–Kier alpha value is -0.610. The summed E-state index contributed by atoms with van der Waals surface area (Å²) in [6, 6.07) is 1.16. The third kappa shape index (κ3) is 3.78. The fourth-order valence-electron chi connectivity index (χ4n) is 4.15. The van der Waals surface area contributed by atoms with Crippen molar-refractivity contribution in [2.75, 3.05) is 20.2 Å². The van der Waals surface area contributed by atoms with Crippen LogP contribution in [0.5, 0.6) is 0 Å². The first kappa shape index (κ1) is 16.8. The molecule has 2 fully saturated rings. The summed E-state index contributed by atoms with van der Waals surface area (Å²) in [6.45, 7) is 5.89. The van der Waals surface area contributed by atoms with E-state index >= 15 is 0 Å². The van der Waals surface area contributed by atoms with Crippen LogP contribution >= 0.6 is 0 Å². The highest BCUT2D eigenvalue weighted by molar-refractivity contribution is 5.81. The van der Waals surface area contributed by atoms with Crippen molar-refractivity contribution in [3.05, 3.63) is 0 Å². The SMILES string of the molecule is CCOC(=O)C1(NC)CCCC(N2CCCCCC2C)C1. The van der Waals surface area contributed by atoms with E-state index in [4.69, 9.17) is 4.74 Å². The van der Waals surface area contributed by atoms with Crippen molar-refractivity contribution in [1.29, 1.82) is 0 Å². The van der Waals surface area contributed by atoms with Crippen LogP contribution in [0.2, 0.25) is 0 Å². The van der Waals surface area contributed by atoms with Crippen molar-refractivity contribution >= 4 is 5.97 Å². The van der Waals surface area contributed by atoms with Crippen molar-refractivity contribution < 1.29 is 9.53 Å². The van der Waals surface area contributed by atoms with Crippen molar-refractivity contribution in [1.82, 2.24) is 10.2 Å². The van der Waals surface area contributed by atoms with Gasteiger partial charge >= 0.3 is 5.97 Å². The summed E-state index contributed by atoms with van der Waals surface area (Å²) in [5, 5.41) is 3.30. The summed E-state index contributed by atoms with van der Waals surface area (Å²) < 4.78 is 5.34. The third-order valence-electron chi connectivity index (χ3n) is 5.44. The van der Waals surface area contributed by atoms with Crippen LogP contribution in [0.15, 0.2) is 0 Å². The van der Waals surface area contributed by atoms with Gasteiger partial charge in [0.15, 0.2) is 0 Å². The van der Waals surface area contributed by atoms with Gasteiger partial charge in [-0.15, -0.1) is 0 Å². The Morgan fingerprint density at radius 2 is 2.10 bits per heavy atom. The fourth-order valence-corrected chi connectivity index (χ4v) is 4.15. The predicted octanol–water partition coefficient (Wildman–Crippen LogP) is 2.71. The maximum atomic E-state index is 12.4. The molecule has 0 aromatic rings. The lowest BCUT2D eigenvalue weighted by Gasteiger charge is -2.44. The van der Waals surface area contributed by atoms with E-state index in [1.165, 1.54) is 38.6 Å². The molecule has 4 nitrogen and oxygen atoms in total. The molecule has 2 rings (SSSR count). The smallest absolute Gasteiger partial charge is 0.326 e. The molecule has 1 N–H and O–H groups in total. The van der Waals surface area contributed by atoms with Gasteiger partial charge in [0.25, 0.3) is 0 Å². The molecule has 1 saturated heterocycles. The number of hydrogen-bond donors (Lipinski definition) is 1. The lowest BCUT2D eigenvalue weighted by Crippen LogP contribution is -2.58. The second-order valence-corrected chi connectivity index (χ2v) is 6.74. The van der Waals surface area contributed by atoms with Gasteiger partial charge in [-0.1, -0.05) is 12.8 Å². The van der Waals surface area contributed by atoms with Gasteiger partial charge in [-0.2, -0.15) is 0 Å². The zero-order chi connectivity index (χ0) is 15.3. The van der Waals surface area contributed by atoms with Crippen molar-refractivity contribution in [2.45, 2.75) is 82.8 Å². The molecule has 0 bridgehead atoms. The average Bonchev–Trinajstić information content (AvgIpc) is 2.72. The number of nitrogens with zero attached hydrogens (tertiary/aromatic N) is 1. The van der Waals surface area contributed by atoms with Crippen LogP contribution in [-0.4, -0.2) is 48.7 Å². The second-order valence-electron chi connectivity index (χ2n) is 6.74. The highest BCUT2D eigenvalue weighted by atomic mass is 16.5. The average molecular weight is 296 g/mol. The topological polar surface area (TPSA) is 41.6 Å². The van der Waals surface area contributed by atoms with E-state index in [-0.39, 0.29) is 5.97 Å². The Morgan fingerprint density at radius 3 is 2.81 bits per heavy atom. The van der Waals surface area contributed by atoms with Crippen LogP contribution in [0.4, 0.5) is 0 Å². The van der Waals surface area contributed by atoms with Gasteiger partial charge in [0.05, 0.1) is 6.61 Å². The van der Waals surface area contributed by atoms with Gasteiger partial charge in [0.2, 0.25) is 0 Å². The van der Waals surface area contributed by atoms with E-state index in [9.17, 15) is 4.79 Å². The van der Waals surface area contributed by atoms with Crippen LogP contribution in [-0.2, 0) is 9.53 Å². The number of likely N-dealkylation sites (tertiary alicyclic amines) is 1. The molecule has 3 atom stereocenters. The lowest BCUT2D eigenvalue weighted by atomic mass is 9.78. The first-order valence-electron chi connectivity index (χ1n) is 8.75. The molecule has 1 heterocycles. The van der Waals surface area contributed by atoms with Crippen LogP contribution in [0, 0.1) is 0 Å². The monoisotopic (exact) mass is 296 g/mol. The molecular formula is C17H32N2O2. The quantitative estimate of drug-likeness (QED) is 0.810. The Balaban J connectivity index is 2.09. The Bertz CT molecular complexity index is 348. The summed E-state index contributed by atoms with van der Waals surface area (Å²) in [5.41, 5.74) is -0.467. The molecule has 1 aliphatic carbocycles. The van der Waals surface area contributed by atoms with Crippen LogP contribution in [0.25, 0.3) is 0 Å². The normalized spacial score (nSPS) is 35.2. The predicted molar refractivity (Wildman–Crippen MR) is 85.3 cm³/mol. The second kappa shape index (κ2) is 7.59. The minimum atomic E-state index is -0.467. The van der Waals surface area contributed by atoms with E-state index in [0.29, 0.717) is 18.7 Å². The van der Waals surface area contributed by atoms with Gasteiger partial charge in [0, 0.05) is 12.1 Å². The largest absolute Gasteiger partial charge is 0.465 e. The number of carbonyl (C=O) groups excluding carboxylic acids is 1. The number of hydrogen-bond acceptors (Lipinski definition) is 4. The molecule has 1 saturated carbocycles. The van der Waals surface area contributed by atoms with Crippen molar-refractivity contribution in [3.63, 3.8) is 0 Å². The molecule has 122 valence electrons. The van der Waals surface area contributed by atoms with Gasteiger partial charge < -0.3 is 10.1 Å². The third-order valence-corrected chi connectivity index (χ3v) is 5.44. The Kier molecular flexibility index (Phi) is 6.06. The highest BCUT2D eigenvalue weighted by Crippen LogP contribution is 2.34. The molecule has 2 aliphatic rings. The van der Waals surface area contributed by atoms with Crippen LogP contribution in [0.1, 0.15) is 65.2 Å². The van der Waals surface area contributed by atoms with E-state index < -0.39 is 5.54 Å². The number of rotatable bonds is 4. The molecule has 0 amide bonds. The Morgan fingerprint density at radius 1 is 1.29 bits per heavy atom. The number of carbonyl (C=O) groups is 1. The van der Waals surface area contributed by atoms with E-state index in [0.717, 1.165) is 19.3 Å². The molecular weight excluding hydrogens is 264 g/mol. The number of likely N-dealkylation sites (N-methyl/N-ethyl adjacent to an activating group) is 1. The molecule has 3 unspecified atom stereocenters. The number of esters is 1. The maximum absolute atomic E-state index is 12.4. The van der Waals surface area contributed by atoms with E-state index in [1.807, 2.05) is 14.0 Å². The minimum Gasteiger partial charge on any atom is -0.465 e. The number of nitrogens with one attached hydrogen (secondary N) is 1. The van der Waals surface area contributed by atoms with Crippen LogP contribution in [0.3, 0.4) is 0 Å². The molecule has 0 aromatic heterocycles. The molecule has 21 heavy (non-hydrogen) atoms. The van der Waals surface area contributed by atoms with Gasteiger partial charge in [-0.25, -0.2) is 0 Å². The summed E-state index contributed by atoms with van der Waals surface area (Å²) in [4.78, 5) is 15.1. The van der Waals surface area contributed by atoms with E-state index in [2.05, 4.69) is 17.1 Å². The van der Waals surface area contributed by atoms with Gasteiger partial charge in [-0.3, -0.25) is 9.69 Å². The summed E-state index contributed by atoms with van der Waals surface area (Å²) in [6.07, 6.45) is 9.41. The fraction of sp³-hybridized carbons (Fsp3) is 0.941. The number of ether oxygens (including phenoxy) is 1. The highest BCUT2D eigenvalue weighted by Gasteiger charge is 2.44. The van der Waals surface area contributed by atoms with Crippen LogP contribution < -0.4 is 5.32 Å². The van der Waals surface area contributed by atoms with Gasteiger partial charge in [0.1, 0.15) is 5.54 Å². The molecule has 0 spiro atoms. The van der Waals surface area contributed by atoms with Crippen molar-refractivity contribution in [3.8, 4) is 0 Å². The molecule has 1 aliphatic heterocycles. The van der Waals surface area contributed by atoms with Crippen molar-refractivity contribution in [2.24, 2.45) is 0 Å². The molecule has 4 heteroatoms. The standard InChI is InChI=1S/C17H32N2O2/c1-4-21-16(20)17(18-3)11-8-10-15(13-17)19-12-7-5-6-9-14(19)2/h14-15,18H,4-13H2,1-3H3. The summed E-state index contributed by atoms with van der Waals surface area (Å²) in [5.74, 6) is -0.0559. The summed E-state index contributed by atoms with van der Waals surface area (Å²) >= 11 is 0.